The number of ether oxygens (including phenoxy) is 1. The van der Waals surface area contributed by atoms with Gasteiger partial charge in [0.15, 0.2) is 0 Å². The van der Waals surface area contributed by atoms with E-state index in [2.05, 4.69) is 20.8 Å². The van der Waals surface area contributed by atoms with Gasteiger partial charge in [-0.3, -0.25) is 29.1 Å². The van der Waals surface area contributed by atoms with Gasteiger partial charge in [0.05, 0.1) is 34.4 Å². The first-order valence-electron chi connectivity index (χ1n) is 11.2. The Labute approximate surface area is 212 Å². The zero-order valence-corrected chi connectivity index (χ0v) is 20.7. The molecule has 0 radical (unpaired) electrons. The van der Waals surface area contributed by atoms with Crippen LogP contribution in [0.25, 0.3) is 0 Å². The maximum absolute atomic E-state index is 13.0. The first kappa shape index (κ1) is 25.1. The van der Waals surface area contributed by atoms with Gasteiger partial charge in [0.25, 0.3) is 17.5 Å². The fraction of sp³-hybridized carbons (Fsp3) is 0.200. The van der Waals surface area contributed by atoms with Gasteiger partial charge in [-0.05, 0) is 43.7 Å². The highest BCUT2D eigenvalue weighted by atomic mass is 16.6. The highest BCUT2D eigenvalue weighted by molar-refractivity contribution is 6.11. The maximum Gasteiger partial charge on any atom is 0.276 e. The summed E-state index contributed by atoms with van der Waals surface area (Å²) < 4.78 is 8.78. The van der Waals surface area contributed by atoms with E-state index in [9.17, 15) is 19.7 Å². The molecular formula is C25H25N7O5. The topological polar surface area (TPSA) is 146 Å². The van der Waals surface area contributed by atoms with Crippen LogP contribution < -0.4 is 15.4 Å². The molecule has 2 aromatic heterocycles. The first-order chi connectivity index (χ1) is 17.6. The minimum atomic E-state index is -0.446. The molecule has 2 amide bonds. The van der Waals surface area contributed by atoms with E-state index in [1.54, 1.807) is 62.2 Å². The number of amides is 2. The normalized spacial score (nSPS) is 10.7. The number of anilines is 2. The Balaban J connectivity index is 1.45. The van der Waals surface area contributed by atoms with Crippen molar-refractivity contribution in [3.8, 4) is 5.75 Å². The molecule has 12 nitrogen and oxygen atoms in total. The minimum absolute atomic E-state index is 0.0186. The fourth-order valence-corrected chi connectivity index (χ4v) is 3.69. The molecule has 0 atom stereocenters. The molecule has 0 bridgehead atoms. The van der Waals surface area contributed by atoms with Gasteiger partial charge in [0.2, 0.25) is 0 Å². The van der Waals surface area contributed by atoms with Gasteiger partial charge in [-0.1, -0.05) is 12.1 Å². The smallest absolute Gasteiger partial charge is 0.276 e. The van der Waals surface area contributed by atoms with Crippen LogP contribution in [-0.4, -0.2) is 36.3 Å². The largest absolute Gasteiger partial charge is 0.489 e. The Morgan fingerprint density at radius 3 is 2.35 bits per heavy atom. The Bertz CT molecular complexity index is 1510. The average molecular weight is 504 g/mol. The highest BCUT2D eigenvalue weighted by Crippen LogP contribution is 2.24. The second-order valence-electron chi connectivity index (χ2n) is 8.40. The fourth-order valence-electron chi connectivity index (χ4n) is 3.69. The lowest BCUT2D eigenvalue weighted by atomic mass is 10.1. The van der Waals surface area contributed by atoms with Crippen molar-refractivity contribution in [2.75, 3.05) is 10.6 Å². The van der Waals surface area contributed by atoms with Crippen LogP contribution in [0, 0.1) is 24.0 Å². The average Bonchev–Trinajstić information content (AvgIpc) is 3.38. The third-order valence-electron chi connectivity index (χ3n) is 5.85. The summed E-state index contributed by atoms with van der Waals surface area (Å²) in [4.78, 5) is 36.5. The Hall–Kier alpha value is -5.00. The number of carbonyl (C=O) groups is 2. The molecule has 0 aliphatic carbocycles. The number of hydrogen-bond acceptors (Lipinski definition) is 7. The summed E-state index contributed by atoms with van der Waals surface area (Å²) >= 11 is 0. The molecule has 2 heterocycles. The molecule has 2 aromatic carbocycles. The van der Waals surface area contributed by atoms with E-state index in [-0.39, 0.29) is 23.7 Å². The van der Waals surface area contributed by atoms with Crippen molar-refractivity contribution < 1.29 is 19.2 Å². The number of nitrogens with zero attached hydrogens (tertiary/aromatic N) is 5. The molecule has 0 unspecified atom stereocenters. The van der Waals surface area contributed by atoms with Crippen molar-refractivity contribution in [1.29, 1.82) is 0 Å². The van der Waals surface area contributed by atoms with Crippen LogP contribution in [0.4, 0.5) is 17.1 Å². The van der Waals surface area contributed by atoms with E-state index in [1.165, 1.54) is 23.0 Å². The summed E-state index contributed by atoms with van der Waals surface area (Å²) in [5.74, 6) is -0.382. The Kier molecular flexibility index (Phi) is 7.00. The number of aromatic nitrogens is 4. The highest BCUT2D eigenvalue weighted by Gasteiger charge is 2.21. The van der Waals surface area contributed by atoms with Gasteiger partial charge in [0, 0.05) is 31.3 Å². The lowest BCUT2D eigenvalue weighted by Gasteiger charge is -2.10. The summed E-state index contributed by atoms with van der Waals surface area (Å²) in [5, 5.41) is 24.8. The monoisotopic (exact) mass is 503 g/mol. The number of nitro benzene ring substituents is 1. The molecule has 0 aliphatic rings. The Morgan fingerprint density at radius 1 is 0.973 bits per heavy atom. The van der Waals surface area contributed by atoms with Gasteiger partial charge in [0.1, 0.15) is 18.1 Å². The second-order valence-corrected chi connectivity index (χ2v) is 8.40. The SMILES string of the molecule is Cc1cc(OCc2cccc(C(=O)Nc3cnn(C)c3C(=O)Nc3cnn(C)c3C)c2)ccc1[N+](=O)[O-]. The molecule has 37 heavy (non-hydrogen) atoms. The molecule has 2 N–H and O–H groups in total. The zero-order chi connectivity index (χ0) is 26.7. The summed E-state index contributed by atoms with van der Waals surface area (Å²) in [5.41, 5.74) is 3.37. The van der Waals surface area contributed by atoms with Gasteiger partial charge in [-0.15, -0.1) is 0 Å². The predicted octanol–water partition coefficient (Wildman–Crippen LogP) is 3.76. The van der Waals surface area contributed by atoms with E-state index in [1.807, 2.05) is 6.92 Å². The van der Waals surface area contributed by atoms with Gasteiger partial charge in [-0.2, -0.15) is 10.2 Å². The molecular weight excluding hydrogens is 478 g/mol. The quantitative estimate of drug-likeness (QED) is 0.275. The van der Waals surface area contributed by atoms with Crippen LogP contribution >= 0.6 is 0 Å². The first-order valence-corrected chi connectivity index (χ1v) is 11.2. The third kappa shape index (κ3) is 5.48. The van der Waals surface area contributed by atoms with Crippen LogP contribution in [0.3, 0.4) is 0 Å². The molecule has 12 heteroatoms. The van der Waals surface area contributed by atoms with Crippen LogP contribution in [-0.2, 0) is 20.7 Å². The summed E-state index contributed by atoms with van der Waals surface area (Å²) in [7, 11) is 3.38. The molecule has 0 spiro atoms. The summed E-state index contributed by atoms with van der Waals surface area (Å²) in [6.07, 6.45) is 2.96. The van der Waals surface area contributed by atoms with Crippen molar-refractivity contribution in [3.05, 3.63) is 93.1 Å². The Morgan fingerprint density at radius 2 is 1.68 bits per heavy atom. The van der Waals surface area contributed by atoms with E-state index < -0.39 is 16.7 Å². The second kappa shape index (κ2) is 10.3. The van der Waals surface area contributed by atoms with E-state index in [0.29, 0.717) is 22.6 Å². The van der Waals surface area contributed by atoms with Gasteiger partial charge >= 0.3 is 0 Å². The zero-order valence-electron chi connectivity index (χ0n) is 20.7. The molecule has 4 rings (SSSR count). The molecule has 0 fully saturated rings. The number of benzene rings is 2. The number of hydrogen-bond donors (Lipinski definition) is 2. The summed E-state index contributed by atoms with van der Waals surface area (Å²) in [6, 6.07) is 11.4. The number of nitrogens with one attached hydrogen (secondary N) is 2. The molecule has 0 aliphatic heterocycles. The number of carbonyl (C=O) groups excluding carboxylic acids is 2. The molecule has 4 aromatic rings. The predicted molar refractivity (Wildman–Crippen MR) is 136 cm³/mol. The van der Waals surface area contributed by atoms with Crippen LogP contribution in [0.1, 0.15) is 37.7 Å². The molecule has 0 saturated heterocycles. The van der Waals surface area contributed by atoms with Crippen molar-refractivity contribution in [2.45, 2.75) is 20.5 Å². The van der Waals surface area contributed by atoms with Gasteiger partial charge < -0.3 is 15.4 Å². The number of rotatable bonds is 8. The van der Waals surface area contributed by atoms with Crippen LogP contribution in [0.15, 0.2) is 54.9 Å². The lowest BCUT2D eigenvalue weighted by Crippen LogP contribution is -2.20. The van der Waals surface area contributed by atoms with Crippen LogP contribution in [0.5, 0.6) is 5.75 Å². The third-order valence-corrected chi connectivity index (χ3v) is 5.85. The summed E-state index contributed by atoms with van der Waals surface area (Å²) in [6.45, 7) is 3.62. The van der Waals surface area contributed by atoms with Crippen LogP contribution in [0.2, 0.25) is 0 Å². The molecule has 190 valence electrons. The van der Waals surface area contributed by atoms with E-state index >= 15 is 0 Å². The van der Waals surface area contributed by atoms with Gasteiger partial charge in [-0.25, -0.2) is 0 Å². The number of nitro groups is 1. The number of aryl methyl sites for hydroxylation is 3. The van der Waals surface area contributed by atoms with Crippen molar-refractivity contribution in [1.82, 2.24) is 19.6 Å². The van der Waals surface area contributed by atoms with E-state index in [4.69, 9.17) is 4.74 Å². The standard InChI is InChI=1S/C25H25N7O5/c1-15-10-19(8-9-22(15)32(35)36)37-14-17-6-5-7-18(11-17)24(33)29-21-13-27-31(4)23(21)25(34)28-20-12-26-30(3)16(20)2/h5-13H,14H2,1-4H3,(H,28,34)(H,29,33). The minimum Gasteiger partial charge on any atom is -0.489 e. The lowest BCUT2D eigenvalue weighted by molar-refractivity contribution is -0.385. The maximum atomic E-state index is 13.0. The van der Waals surface area contributed by atoms with Crippen molar-refractivity contribution in [2.24, 2.45) is 14.1 Å². The molecule has 0 saturated carbocycles. The van der Waals surface area contributed by atoms with Crippen molar-refractivity contribution in [3.63, 3.8) is 0 Å². The van der Waals surface area contributed by atoms with Crippen molar-refractivity contribution >= 4 is 28.9 Å². The van der Waals surface area contributed by atoms with E-state index in [0.717, 1.165) is 11.3 Å².